The topological polar surface area (TPSA) is 121 Å². The molecule has 0 fully saturated rings. The molecule has 0 saturated heterocycles. The van der Waals surface area contributed by atoms with Gasteiger partial charge in [0.25, 0.3) is 0 Å². The van der Waals surface area contributed by atoms with Gasteiger partial charge < -0.3 is 33.7 Å². The van der Waals surface area contributed by atoms with Crippen molar-refractivity contribution < 1.29 is 33.3 Å². The minimum atomic E-state index is -0.681. The smallest absolute Gasteiger partial charge is 0.410 e. The first-order valence-electron chi connectivity index (χ1n) is 16.0. The minimum absolute atomic E-state index is 0.0767. The number of esters is 1. The van der Waals surface area contributed by atoms with Crippen molar-refractivity contribution >= 4 is 29.1 Å². The van der Waals surface area contributed by atoms with Gasteiger partial charge in [0.05, 0.1) is 19.9 Å². The van der Waals surface area contributed by atoms with Gasteiger partial charge in [-0.15, -0.1) is 0 Å². The maximum absolute atomic E-state index is 13.3. The first-order valence-corrected chi connectivity index (χ1v) is 16.0. The molecule has 48 heavy (non-hydrogen) atoms. The maximum Gasteiger partial charge on any atom is 0.410 e. The molecule has 0 aliphatic rings. The number of methoxy groups -OCH3 is 2. The van der Waals surface area contributed by atoms with E-state index in [1.165, 1.54) is 14.2 Å². The number of alkyl carbamates (subject to hydrolysis) is 1. The molecule has 2 amide bonds. The van der Waals surface area contributed by atoms with Gasteiger partial charge in [0.2, 0.25) is 5.88 Å². The molecule has 11 nitrogen and oxygen atoms in total. The Morgan fingerprint density at radius 3 is 2.40 bits per heavy atom. The highest BCUT2D eigenvalue weighted by Crippen LogP contribution is 2.33. The van der Waals surface area contributed by atoms with Gasteiger partial charge in [0, 0.05) is 54.8 Å². The number of carbonyl (C=O) groups excluding carboxylic acids is 3. The van der Waals surface area contributed by atoms with Gasteiger partial charge in [0.1, 0.15) is 17.8 Å². The number of carbonyl (C=O) groups is 3. The highest BCUT2D eigenvalue weighted by atomic mass is 16.6. The molecule has 0 aliphatic carbocycles. The van der Waals surface area contributed by atoms with Crippen molar-refractivity contribution in [2.45, 2.75) is 59.2 Å². The Hall–Kier alpha value is -5.06. The monoisotopic (exact) mass is 658 g/mol. The first kappa shape index (κ1) is 35.8. The van der Waals surface area contributed by atoms with Crippen molar-refractivity contribution in [2.75, 3.05) is 33.9 Å². The zero-order chi connectivity index (χ0) is 35.0. The number of benzene rings is 2. The molecule has 0 radical (unpaired) electrons. The number of aryl methyl sites for hydroxylation is 2. The van der Waals surface area contributed by atoms with Gasteiger partial charge >= 0.3 is 18.2 Å². The van der Waals surface area contributed by atoms with Gasteiger partial charge in [0.15, 0.2) is 0 Å². The second kappa shape index (κ2) is 15.7. The van der Waals surface area contributed by atoms with E-state index in [4.69, 9.17) is 23.9 Å². The maximum atomic E-state index is 13.3. The molecule has 0 aliphatic heterocycles. The second-order valence-corrected chi connectivity index (χ2v) is 12.6. The molecular formula is C37H46N4O7. The number of nitrogens with one attached hydrogen (secondary N) is 1. The van der Waals surface area contributed by atoms with Gasteiger partial charge in [-0.25, -0.2) is 19.4 Å². The van der Waals surface area contributed by atoms with Crippen molar-refractivity contribution in [1.82, 2.24) is 19.8 Å². The molecule has 4 rings (SSSR count). The molecule has 0 saturated carbocycles. The molecule has 0 spiro atoms. The Bertz CT molecular complexity index is 1740. The lowest BCUT2D eigenvalue weighted by Gasteiger charge is -2.29. The highest BCUT2D eigenvalue weighted by molar-refractivity contribution is 5.93. The second-order valence-electron chi connectivity index (χ2n) is 12.6. The number of rotatable bonds is 12. The average molecular weight is 659 g/mol. The summed E-state index contributed by atoms with van der Waals surface area (Å²) in [6.45, 7) is 10.5. The number of ether oxygens (including phenoxy) is 4. The van der Waals surface area contributed by atoms with E-state index in [1.807, 2.05) is 77.2 Å². The number of hydrogen-bond acceptors (Lipinski definition) is 8. The Morgan fingerprint density at radius 1 is 1.02 bits per heavy atom. The third kappa shape index (κ3) is 8.84. The van der Waals surface area contributed by atoms with Crippen LogP contribution in [0.3, 0.4) is 0 Å². The predicted octanol–water partition coefficient (Wildman–Crippen LogP) is 6.86. The van der Waals surface area contributed by atoms with Crippen LogP contribution in [-0.4, -0.2) is 72.1 Å². The van der Waals surface area contributed by atoms with Crippen LogP contribution in [0, 0.1) is 0 Å². The van der Waals surface area contributed by atoms with Crippen molar-refractivity contribution in [2.24, 2.45) is 7.05 Å². The van der Waals surface area contributed by atoms with Crippen LogP contribution in [0.15, 0.2) is 60.7 Å². The van der Waals surface area contributed by atoms with Crippen LogP contribution in [0.1, 0.15) is 67.7 Å². The Labute approximate surface area is 282 Å². The van der Waals surface area contributed by atoms with Crippen LogP contribution in [0.4, 0.5) is 9.59 Å². The third-order valence-electron chi connectivity index (χ3n) is 7.91. The molecule has 11 heteroatoms. The minimum Gasteiger partial charge on any atom is -0.480 e. The van der Waals surface area contributed by atoms with Crippen LogP contribution >= 0.6 is 0 Å². The lowest BCUT2D eigenvalue weighted by molar-refractivity contribution is 0.0240. The number of nitrogens with zero attached hydrogens (tertiary/aromatic N) is 3. The highest BCUT2D eigenvalue weighted by Gasteiger charge is 2.26. The Balaban J connectivity index is 1.53. The zero-order valence-corrected chi connectivity index (χ0v) is 29.1. The molecular weight excluding hydrogens is 612 g/mol. The summed E-state index contributed by atoms with van der Waals surface area (Å²) in [5.74, 6) is -0.373. The summed E-state index contributed by atoms with van der Waals surface area (Å²) in [7, 11) is 4.81. The van der Waals surface area contributed by atoms with Crippen LogP contribution in [0.25, 0.3) is 22.2 Å². The molecule has 1 unspecified atom stereocenters. The average Bonchev–Trinajstić information content (AvgIpc) is 3.40. The van der Waals surface area contributed by atoms with Gasteiger partial charge in [-0.2, -0.15) is 0 Å². The third-order valence-corrected chi connectivity index (χ3v) is 7.91. The molecule has 0 bridgehead atoms. The summed E-state index contributed by atoms with van der Waals surface area (Å²) in [6, 6.07) is 19.4. The van der Waals surface area contributed by atoms with Gasteiger partial charge in [-0.3, -0.25) is 0 Å². The number of amides is 2. The van der Waals surface area contributed by atoms with E-state index in [-0.39, 0.29) is 37.1 Å². The van der Waals surface area contributed by atoms with Crippen molar-refractivity contribution in [3.05, 3.63) is 83.0 Å². The quantitative estimate of drug-likeness (QED) is 0.129. The van der Waals surface area contributed by atoms with E-state index >= 15 is 0 Å². The number of pyridine rings is 1. The van der Waals surface area contributed by atoms with Gasteiger partial charge in [-0.1, -0.05) is 50.2 Å². The molecule has 2 aromatic carbocycles. The number of aromatic nitrogens is 2. The fourth-order valence-electron chi connectivity index (χ4n) is 5.53. The van der Waals surface area contributed by atoms with Crippen molar-refractivity contribution in [3.8, 4) is 17.1 Å². The van der Waals surface area contributed by atoms with Gasteiger partial charge in [-0.05, 0) is 62.6 Å². The van der Waals surface area contributed by atoms with E-state index in [0.29, 0.717) is 13.0 Å². The van der Waals surface area contributed by atoms with Crippen LogP contribution in [-0.2, 0) is 34.3 Å². The lowest BCUT2D eigenvalue weighted by atomic mass is 10.0. The van der Waals surface area contributed by atoms with E-state index in [1.54, 1.807) is 11.0 Å². The van der Waals surface area contributed by atoms with Crippen LogP contribution in [0.2, 0.25) is 0 Å². The molecule has 1 N–H and O–H groups in total. The summed E-state index contributed by atoms with van der Waals surface area (Å²) in [4.78, 5) is 44.3. The van der Waals surface area contributed by atoms with E-state index < -0.39 is 23.8 Å². The summed E-state index contributed by atoms with van der Waals surface area (Å²) in [5, 5.41) is 3.75. The normalized spacial score (nSPS) is 11.9. The molecule has 4 aromatic rings. The predicted molar refractivity (Wildman–Crippen MR) is 184 cm³/mol. The number of fused-ring (bicyclic) bond motifs is 1. The Kier molecular flexibility index (Phi) is 11.7. The largest absolute Gasteiger partial charge is 0.480 e. The van der Waals surface area contributed by atoms with E-state index in [2.05, 4.69) is 28.9 Å². The lowest BCUT2D eigenvalue weighted by Crippen LogP contribution is -2.43. The van der Waals surface area contributed by atoms with Crippen molar-refractivity contribution in [1.29, 1.82) is 0 Å². The standard InChI is InChI=1S/C37H46N4O7/c1-9-26-20-29(34(42)46-8)33(45-7)39-32(26)27-15-16-30-28(19-27)21-31(40(30)6)24(2)22-41(36(44)48-37(3,4)5)18-17-38-35(43)47-23-25-13-11-10-12-14-25/h10-16,19-21,24H,9,17-18,22-23H2,1-8H3,(H,38,43). The van der Waals surface area contributed by atoms with Crippen molar-refractivity contribution in [3.63, 3.8) is 0 Å². The fourth-order valence-corrected chi connectivity index (χ4v) is 5.53. The summed E-state index contributed by atoms with van der Waals surface area (Å²) >= 11 is 0. The van der Waals surface area contributed by atoms with Crippen LogP contribution < -0.4 is 10.1 Å². The number of hydrogen-bond donors (Lipinski definition) is 1. The van der Waals surface area contributed by atoms with E-state index in [9.17, 15) is 14.4 Å². The SMILES string of the molecule is CCc1cc(C(=O)OC)c(OC)nc1-c1ccc2c(c1)cc(C(C)CN(CCNC(=O)OCc1ccccc1)C(=O)OC(C)(C)C)n2C. The molecule has 2 heterocycles. The van der Waals surface area contributed by atoms with E-state index in [0.717, 1.165) is 39.0 Å². The molecule has 256 valence electrons. The summed E-state index contributed by atoms with van der Waals surface area (Å²) in [6.07, 6.45) is -0.359. The van der Waals surface area contributed by atoms with Crippen LogP contribution in [0.5, 0.6) is 5.88 Å². The summed E-state index contributed by atoms with van der Waals surface area (Å²) < 4.78 is 23.5. The zero-order valence-electron chi connectivity index (χ0n) is 29.1. The summed E-state index contributed by atoms with van der Waals surface area (Å²) in [5.41, 5.74) is 5.04. The molecule has 2 aromatic heterocycles. The first-order chi connectivity index (χ1) is 22.8. The molecule has 1 atom stereocenters. The fraction of sp³-hybridized carbons (Fsp3) is 0.405. The Morgan fingerprint density at radius 2 is 1.75 bits per heavy atom.